The quantitative estimate of drug-likeness (QED) is 0.867. The van der Waals surface area contributed by atoms with Crippen LogP contribution in [0.3, 0.4) is 0 Å². The monoisotopic (exact) mass is 312 g/mol. The molecule has 1 aliphatic heterocycles. The smallest absolute Gasteiger partial charge is 0.104 e. The number of nitrogens with two attached hydrogens (primary N) is 1. The summed E-state index contributed by atoms with van der Waals surface area (Å²) in [6, 6.07) is 6.81. The normalized spacial score (nSPS) is 19.6. The zero-order valence-corrected chi connectivity index (χ0v) is 12.4. The molecule has 1 aromatic carbocycles. The fourth-order valence-electron chi connectivity index (χ4n) is 2.47. The van der Waals surface area contributed by atoms with Gasteiger partial charge in [0.25, 0.3) is 0 Å². The molecule has 17 heavy (non-hydrogen) atoms. The van der Waals surface area contributed by atoms with Crippen molar-refractivity contribution in [3.8, 4) is 0 Å². The van der Waals surface area contributed by atoms with Gasteiger partial charge in [-0.05, 0) is 53.4 Å². The minimum absolute atomic E-state index is 0.450. The molecule has 1 heterocycles. The van der Waals surface area contributed by atoms with Crippen LogP contribution in [0.15, 0.2) is 22.7 Å². The van der Waals surface area contributed by atoms with Gasteiger partial charge in [-0.25, -0.2) is 0 Å². The standard InChI is InChI=1S/C13H17BrN2S/c1-2-10-4-3-7-16(10)12-6-5-9(13(15)17)8-11(12)14/h5-6,8,10H,2-4,7H2,1H3,(H2,15,17). The number of rotatable bonds is 3. The minimum Gasteiger partial charge on any atom is -0.389 e. The number of nitrogens with zero attached hydrogens (tertiary/aromatic N) is 1. The van der Waals surface area contributed by atoms with Crippen molar-refractivity contribution in [3.05, 3.63) is 28.2 Å². The Bertz CT molecular complexity index is 433. The topological polar surface area (TPSA) is 29.3 Å². The van der Waals surface area contributed by atoms with Crippen LogP contribution in [0, 0.1) is 0 Å². The summed E-state index contributed by atoms with van der Waals surface area (Å²) in [5, 5.41) is 0. The van der Waals surface area contributed by atoms with E-state index in [4.69, 9.17) is 18.0 Å². The largest absolute Gasteiger partial charge is 0.389 e. The van der Waals surface area contributed by atoms with Crippen LogP contribution in [0.4, 0.5) is 5.69 Å². The highest BCUT2D eigenvalue weighted by atomic mass is 79.9. The molecule has 0 spiro atoms. The minimum atomic E-state index is 0.450. The number of halogens is 1. The lowest BCUT2D eigenvalue weighted by atomic mass is 10.1. The third-order valence-corrected chi connectivity index (χ3v) is 4.26. The zero-order chi connectivity index (χ0) is 12.4. The molecule has 0 radical (unpaired) electrons. The molecule has 2 rings (SSSR count). The maximum absolute atomic E-state index is 5.64. The van der Waals surface area contributed by atoms with E-state index in [2.05, 4.69) is 33.8 Å². The first-order valence-corrected chi connectivity index (χ1v) is 7.19. The van der Waals surface area contributed by atoms with Crippen molar-refractivity contribution in [2.75, 3.05) is 11.4 Å². The lowest BCUT2D eigenvalue weighted by molar-refractivity contribution is 0.645. The molecule has 1 unspecified atom stereocenters. The van der Waals surface area contributed by atoms with E-state index in [1.165, 1.54) is 24.9 Å². The second kappa shape index (κ2) is 5.36. The third kappa shape index (κ3) is 2.63. The van der Waals surface area contributed by atoms with Crippen LogP contribution >= 0.6 is 28.1 Å². The fourth-order valence-corrected chi connectivity index (χ4v) is 3.20. The molecular weight excluding hydrogens is 296 g/mol. The molecule has 1 aliphatic rings. The fraction of sp³-hybridized carbons (Fsp3) is 0.462. The van der Waals surface area contributed by atoms with Crippen molar-refractivity contribution >= 4 is 38.8 Å². The molecular formula is C13H17BrN2S. The summed E-state index contributed by atoms with van der Waals surface area (Å²) in [6.07, 6.45) is 3.77. The van der Waals surface area contributed by atoms with E-state index < -0.39 is 0 Å². The van der Waals surface area contributed by atoms with E-state index in [1.54, 1.807) is 0 Å². The molecule has 1 aromatic rings. The first-order valence-electron chi connectivity index (χ1n) is 5.99. The van der Waals surface area contributed by atoms with Gasteiger partial charge in [0.1, 0.15) is 4.99 Å². The zero-order valence-electron chi connectivity index (χ0n) is 9.95. The Labute approximate surface area is 116 Å². The van der Waals surface area contributed by atoms with E-state index in [-0.39, 0.29) is 0 Å². The summed E-state index contributed by atoms with van der Waals surface area (Å²) in [7, 11) is 0. The van der Waals surface area contributed by atoms with Crippen LogP contribution < -0.4 is 10.6 Å². The van der Waals surface area contributed by atoms with Crippen molar-refractivity contribution in [1.82, 2.24) is 0 Å². The molecule has 2 N–H and O–H groups in total. The molecule has 2 nitrogen and oxygen atoms in total. The highest BCUT2D eigenvalue weighted by Gasteiger charge is 2.24. The van der Waals surface area contributed by atoms with E-state index in [1.807, 2.05) is 12.1 Å². The van der Waals surface area contributed by atoms with E-state index in [0.717, 1.165) is 16.6 Å². The SMILES string of the molecule is CCC1CCCN1c1ccc(C(N)=S)cc1Br. The molecule has 0 bridgehead atoms. The molecule has 1 fully saturated rings. The Morgan fingerprint density at radius 2 is 2.35 bits per heavy atom. The average molecular weight is 313 g/mol. The second-order valence-electron chi connectivity index (χ2n) is 4.43. The van der Waals surface area contributed by atoms with Gasteiger partial charge in [0.2, 0.25) is 0 Å². The predicted octanol–water partition coefficient (Wildman–Crippen LogP) is 3.46. The van der Waals surface area contributed by atoms with E-state index >= 15 is 0 Å². The molecule has 0 saturated carbocycles. The Kier molecular flexibility index (Phi) is 4.05. The molecule has 0 aromatic heterocycles. The van der Waals surface area contributed by atoms with Crippen molar-refractivity contribution in [1.29, 1.82) is 0 Å². The number of hydrogen-bond donors (Lipinski definition) is 1. The molecule has 0 aliphatic carbocycles. The van der Waals surface area contributed by atoms with Gasteiger partial charge in [-0.2, -0.15) is 0 Å². The average Bonchev–Trinajstić information content (AvgIpc) is 2.76. The van der Waals surface area contributed by atoms with Gasteiger partial charge in [0, 0.05) is 22.6 Å². The third-order valence-electron chi connectivity index (χ3n) is 3.39. The summed E-state index contributed by atoms with van der Waals surface area (Å²) in [6.45, 7) is 3.39. The van der Waals surface area contributed by atoms with Crippen molar-refractivity contribution in [2.45, 2.75) is 32.2 Å². The lowest BCUT2D eigenvalue weighted by Gasteiger charge is -2.27. The molecule has 1 saturated heterocycles. The summed E-state index contributed by atoms with van der Waals surface area (Å²) in [5.74, 6) is 0. The Morgan fingerprint density at radius 1 is 1.59 bits per heavy atom. The summed E-state index contributed by atoms with van der Waals surface area (Å²) in [5.41, 5.74) is 7.81. The molecule has 1 atom stereocenters. The lowest BCUT2D eigenvalue weighted by Crippen LogP contribution is -2.28. The van der Waals surface area contributed by atoms with E-state index in [0.29, 0.717) is 11.0 Å². The number of benzene rings is 1. The highest BCUT2D eigenvalue weighted by molar-refractivity contribution is 9.10. The Hall–Kier alpha value is -0.610. The first kappa shape index (κ1) is 12.8. The van der Waals surface area contributed by atoms with Crippen LogP contribution in [-0.4, -0.2) is 17.6 Å². The number of thiocarbonyl (C=S) groups is 1. The Balaban J connectivity index is 2.30. The van der Waals surface area contributed by atoms with Crippen molar-refractivity contribution < 1.29 is 0 Å². The molecule has 0 amide bonds. The van der Waals surface area contributed by atoms with Gasteiger partial charge in [0.05, 0.1) is 5.69 Å². The maximum atomic E-state index is 5.64. The van der Waals surface area contributed by atoms with Crippen LogP contribution in [-0.2, 0) is 0 Å². The Morgan fingerprint density at radius 3 is 2.94 bits per heavy atom. The number of hydrogen-bond acceptors (Lipinski definition) is 2. The van der Waals surface area contributed by atoms with Crippen molar-refractivity contribution in [3.63, 3.8) is 0 Å². The van der Waals surface area contributed by atoms with Crippen LogP contribution in [0.25, 0.3) is 0 Å². The van der Waals surface area contributed by atoms with Crippen LogP contribution in [0.5, 0.6) is 0 Å². The summed E-state index contributed by atoms with van der Waals surface area (Å²) < 4.78 is 1.09. The van der Waals surface area contributed by atoms with Gasteiger partial charge in [-0.15, -0.1) is 0 Å². The van der Waals surface area contributed by atoms with Gasteiger partial charge in [-0.3, -0.25) is 0 Å². The molecule has 4 heteroatoms. The maximum Gasteiger partial charge on any atom is 0.104 e. The highest BCUT2D eigenvalue weighted by Crippen LogP contribution is 2.33. The van der Waals surface area contributed by atoms with Crippen molar-refractivity contribution in [2.24, 2.45) is 5.73 Å². The van der Waals surface area contributed by atoms with Gasteiger partial charge in [-0.1, -0.05) is 19.1 Å². The van der Waals surface area contributed by atoms with Gasteiger partial charge < -0.3 is 10.6 Å². The van der Waals surface area contributed by atoms with E-state index in [9.17, 15) is 0 Å². The van der Waals surface area contributed by atoms with Crippen LogP contribution in [0.2, 0.25) is 0 Å². The first-order chi connectivity index (χ1) is 8.13. The number of anilines is 1. The second-order valence-corrected chi connectivity index (χ2v) is 5.72. The van der Waals surface area contributed by atoms with Crippen LogP contribution in [0.1, 0.15) is 31.7 Å². The summed E-state index contributed by atoms with van der Waals surface area (Å²) in [4.78, 5) is 2.93. The summed E-state index contributed by atoms with van der Waals surface area (Å²) >= 11 is 8.61. The predicted molar refractivity (Wildman–Crippen MR) is 80.7 cm³/mol. The molecule has 92 valence electrons. The van der Waals surface area contributed by atoms with Gasteiger partial charge >= 0.3 is 0 Å². The van der Waals surface area contributed by atoms with Gasteiger partial charge in [0.15, 0.2) is 0 Å².